The Balaban J connectivity index is 2.56. The quantitative estimate of drug-likeness (QED) is 0.442. The van der Waals surface area contributed by atoms with Crippen molar-refractivity contribution in [1.29, 1.82) is 0 Å². The predicted molar refractivity (Wildman–Crippen MR) is 34.5 cm³/mol. The van der Waals surface area contributed by atoms with E-state index in [9.17, 15) is 0 Å². The van der Waals surface area contributed by atoms with Gasteiger partial charge in [-0.2, -0.15) is 0 Å². The fourth-order valence-electron chi connectivity index (χ4n) is 1.33. The summed E-state index contributed by atoms with van der Waals surface area (Å²) in [6, 6.07) is 0. The van der Waals surface area contributed by atoms with Gasteiger partial charge in [0.2, 0.25) is 0 Å². The highest BCUT2D eigenvalue weighted by atomic mass is 14.2. The fraction of sp³-hybridized carbons (Fsp3) is 0.250. The van der Waals surface area contributed by atoms with Crippen LogP contribution < -0.4 is 0 Å². The van der Waals surface area contributed by atoms with Crippen molar-refractivity contribution in [2.75, 3.05) is 0 Å². The summed E-state index contributed by atoms with van der Waals surface area (Å²) in [5.74, 6) is 0. The summed E-state index contributed by atoms with van der Waals surface area (Å²) in [4.78, 5) is 0. The topological polar surface area (TPSA) is 0 Å². The Bertz CT molecular complexity index is 204. The number of rotatable bonds is 0. The van der Waals surface area contributed by atoms with Gasteiger partial charge >= 0.3 is 0 Å². The Morgan fingerprint density at radius 3 is 2.38 bits per heavy atom. The molecule has 0 saturated heterocycles. The van der Waals surface area contributed by atoms with Gasteiger partial charge in [0.15, 0.2) is 0 Å². The van der Waals surface area contributed by atoms with Crippen LogP contribution in [0.5, 0.6) is 0 Å². The molecule has 2 rings (SSSR count). The number of hydrogen-bond acceptors (Lipinski definition) is 0. The molecule has 2 aliphatic carbocycles. The maximum absolute atomic E-state index is 3.89. The first-order chi connectivity index (χ1) is 3.86. The summed E-state index contributed by atoms with van der Waals surface area (Å²) in [6.07, 6.45) is 6.93. The van der Waals surface area contributed by atoms with Gasteiger partial charge in [0.1, 0.15) is 0 Å². The van der Waals surface area contributed by atoms with Crippen molar-refractivity contribution in [1.82, 2.24) is 0 Å². The van der Waals surface area contributed by atoms with E-state index in [-0.39, 0.29) is 0 Å². The molecule has 0 aromatic heterocycles. The Morgan fingerprint density at radius 2 is 2.12 bits per heavy atom. The number of fused-ring (bicyclic) bond motifs is 1. The molecule has 2 bridgehead atoms. The minimum atomic E-state index is 1.24. The molecule has 0 unspecified atom stereocenters. The molecule has 0 amide bonds. The predicted octanol–water partition coefficient (Wildman–Crippen LogP) is 2.20. The minimum Gasteiger partial charge on any atom is -0.0915 e. The highest BCUT2D eigenvalue weighted by Gasteiger charge is 2.16. The molecule has 0 aromatic rings. The average molecular weight is 104 g/mol. The molecule has 0 heteroatoms. The van der Waals surface area contributed by atoms with Crippen LogP contribution in [-0.4, -0.2) is 0 Å². The standard InChI is InChI=1S/C8H8/c1-6-4-7-2-3-8(6)5-7/h4-5H,1-3H2. The van der Waals surface area contributed by atoms with E-state index >= 15 is 0 Å². The van der Waals surface area contributed by atoms with Gasteiger partial charge in [0.05, 0.1) is 0 Å². The molecular formula is C8H8. The SMILES string of the molecule is C=C1C=C2C=C1CC2. The summed E-state index contributed by atoms with van der Waals surface area (Å²) in [6.45, 7) is 3.89. The highest BCUT2D eigenvalue weighted by molar-refractivity contribution is 5.55. The lowest BCUT2D eigenvalue weighted by Crippen LogP contribution is -1.82. The molecular weight excluding hydrogens is 96.1 g/mol. The van der Waals surface area contributed by atoms with Gasteiger partial charge in [-0.1, -0.05) is 18.7 Å². The van der Waals surface area contributed by atoms with Crippen LogP contribution in [0.3, 0.4) is 0 Å². The van der Waals surface area contributed by atoms with Crippen LogP contribution in [-0.2, 0) is 0 Å². The molecule has 0 aliphatic heterocycles. The molecule has 8 heavy (non-hydrogen) atoms. The van der Waals surface area contributed by atoms with Crippen LogP contribution in [0.1, 0.15) is 12.8 Å². The molecule has 0 nitrogen and oxygen atoms in total. The van der Waals surface area contributed by atoms with Gasteiger partial charge in [-0.05, 0) is 29.6 Å². The third-order valence-corrected chi connectivity index (χ3v) is 1.81. The van der Waals surface area contributed by atoms with Gasteiger partial charge in [0.25, 0.3) is 0 Å². The Kier molecular flexibility index (Phi) is 0.587. The van der Waals surface area contributed by atoms with Crippen LogP contribution in [0.2, 0.25) is 0 Å². The summed E-state index contributed by atoms with van der Waals surface area (Å²) >= 11 is 0. The molecule has 0 heterocycles. The van der Waals surface area contributed by atoms with Gasteiger partial charge in [-0.15, -0.1) is 0 Å². The van der Waals surface area contributed by atoms with E-state index in [4.69, 9.17) is 0 Å². The second-order valence-corrected chi connectivity index (χ2v) is 2.41. The molecule has 0 aromatic carbocycles. The van der Waals surface area contributed by atoms with Crippen LogP contribution in [0.25, 0.3) is 0 Å². The first kappa shape index (κ1) is 4.13. The average Bonchev–Trinajstić information content (AvgIpc) is 2.23. The van der Waals surface area contributed by atoms with Crippen molar-refractivity contribution < 1.29 is 0 Å². The van der Waals surface area contributed by atoms with Crippen LogP contribution in [0.4, 0.5) is 0 Å². The second-order valence-electron chi connectivity index (χ2n) is 2.41. The Labute approximate surface area is 49.2 Å². The lowest BCUT2D eigenvalue weighted by molar-refractivity contribution is 0.997. The van der Waals surface area contributed by atoms with Gasteiger partial charge < -0.3 is 0 Å². The van der Waals surface area contributed by atoms with E-state index in [2.05, 4.69) is 18.7 Å². The maximum atomic E-state index is 3.89. The fourth-order valence-corrected chi connectivity index (χ4v) is 1.33. The van der Waals surface area contributed by atoms with Gasteiger partial charge in [-0.25, -0.2) is 0 Å². The van der Waals surface area contributed by atoms with E-state index in [0.29, 0.717) is 0 Å². The van der Waals surface area contributed by atoms with Crippen molar-refractivity contribution >= 4 is 0 Å². The zero-order valence-corrected chi connectivity index (χ0v) is 4.78. The normalized spacial score (nSPS) is 23.8. The summed E-state index contributed by atoms with van der Waals surface area (Å²) in [5, 5.41) is 0. The first-order valence-electron chi connectivity index (χ1n) is 2.97. The second kappa shape index (κ2) is 1.13. The van der Waals surface area contributed by atoms with E-state index < -0.39 is 0 Å². The molecule has 0 saturated carbocycles. The third-order valence-electron chi connectivity index (χ3n) is 1.81. The van der Waals surface area contributed by atoms with Crippen LogP contribution in [0.15, 0.2) is 35.5 Å². The zero-order chi connectivity index (χ0) is 5.56. The highest BCUT2D eigenvalue weighted by Crippen LogP contribution is 2.35. The van der Waals surface area contributed by atoms with Crippen LogP contribution in [0, 0.1) is 0 Å². The van der Waals surface area contributed by atoms with E-state index in [1.54, 1.807) is 0 Å². The molecule has 0 atom stereocenters. The summed E-state index contributed by atoms with van der Waals surface area (Å²) in [7, 11) is 0. The molecule has 0 fully saturated rings. The molecule has 0 N–H and O–H groups in total. The minimum absolute atomic E-state index is 1.24. The molecule has 40 valence electrons. The van der Waals surface area contributed by atoms with Crippen LogP contribution >= 0.6 is 0 Å². The van der Waals surface area contributed by atoms with Crippen molar-refractivity contribution in [3.05, 3.63) is 35.5 Å². The summed E-state index contributed by atoms with van der Waals surface area (Å²) < 4.78 is 0. The molecule has 2 aliphatic rings. The van der Waals surface area contributed by atoms with Crippen molar-refractivity contribution in [3.8, 4) is 0 Å². The van der Waals surface area contributed by atoms with Crippen molar-refractivity contribution in [2.24, 2.45) is 0 Å². The monoisotopic (exact) mass is 104 g/mol. The number of allylic oxidation sites excluding steroid dienone is 5. The lowest BCUT2D eigenvalue weighted by Gasteiger charge is -2.00. The van der Waals surface area contributed by atoms with E-state index in [1.165, 1.54) is 29.6 Å². The lowest BCUT2D eigenvalue weighted by atomic mass is 10.0. The van der Waals surface area contributed by atoms with Gasteiger partial charge in [-0.3, -0.25) is 0 Å². The maximum Gasteiger partial charge on any atom is -0.0232 e. The largest absolute Gasteiger partial charge is 0.0915 e. The smallest absolute Gasteiger partial charge is 0.0232 e. The van der Waals surface area contributed by atoms with Crippen molar-refractivity contribution in [3.63, 3.8) is 0 Å². The van der Waals surface area contributed by atoms with E-state index in [0.717, 1.165) is 0 Å². The Hall–Kier alpha value is -0.780. The first-order valence-corrected chi connectivity index (χ1v) is 2.97. The van der Waals surface area contributed by atoms with Crippen molar-refractivity contribution in [2.45, 2.75) is 12.8 Å². The summed E-state index contributed by atoms with van der Waals surface area (Å²) in [5.41, 5.74) is 4.18. The zero-order valence-electron chi connectivity index (χ0n) is 4.78. The molecule has 0 radical (unpaired) electrons. The molecule has 0 spiro atoms. The van der Waals surface area contributed by atoms with Gasteiger partial charge in [0, 0.05) is 0 Å². The third kappa shape index (κ3) is 0.353. The number of hydrogen-bond donors (Lipinski definition) is 0. The Morgan fingerprint density at radius 1 is 1.25 bits per heavy atom. The van der Waals surface area contributed by atoms with E-state index in [1.807, 2.05) is 0 Å².